The second-order valence-corrected chi connectivity index (χ2v) is 5.02. The molecule has 0 rings (SSSR count). The summed E-state index contributed by atoms with van der Waals surface area (Å²) in [5, 5.41) is 0. The van der Waals surface area contributed by atoms with E-state index in [1.807, 2.05) is 0 Å². The van der Waals surface area contributed by atoms with Crippen molar-refractivity contribution in [3.8, 4) is 0 Å². The van der Waals surface area contributed by atoms with Crippen LogP contribution in [0.1, 0.15) is 0 Å². The van der Waals surface area contributed by atoms with Crippen molar-refractivity contribution in [1.29, 1.82) is 0 Å². The molecule has 0 aromatic rings. The van der Waals surface area contributed by atoms with Crippen LogP contribution in [0, 0.1) is 0 Å². The van der Waals surface area contributed by atoms with Gasteiger partial charge in [0.05, 0.1) is 7.82 Å². The van der Waals surface area contributed by atoms with Crippen LogP contribution in [0.15, 0.2) is 0 Å². The molecule has 0 saturated carbocycles. The third-order valence-corrected chi connectivity index (χ3v) is 1.83. The molecule has 1 unspecified atom stereocenters. The summed E-state index contributed by atoms with van der Waals surface area (Å²) in [7, 11) is -15.7. The van der Waals surface area contributed by atoms with Crippen LogP contribution in [-0.2, 0) is 18.0 Å². The van der Waals surface area contributed by atoms with Crippen molar-refractivity contribution >= 4 is 61.2 Å². The van der Waals surface area contributed by atoms with E-state index in [4.69, 9.17) is 24.1 Å². The largest absolute Gasteiger partial charge is 2.00 e. The Bertz CT molecular complexity index is 264. The van der Waals surface area contributed by atoms with E-state index >= 15 is 0 Å². The third kappa shape index (κ3) is 54.5. The summed E-state index contributed by atoms with van der Waals surface area (Å²) < 4.78 is 30.3. The van der Waals surface area contributed by atoms with Crippen LogP contribution in [0.5, 0.6) is 0 Å². The minimum absolute atomic E-state index is 0. The fraction of sp³-hybridized carbons (Fsp3) is 0. The van der Waals surface area contributed by atoms with Gasteiger partial charge in [-0.2, -0.15) is 0 Å². The van der Waals surface area contributed by atoms with Gasteiger partial charge in [-0.05, 0) is 0 Å². The standard InChI is InChI=1S/Ca.Na.H4O7P2.H3O4P/c;;1-8(2,3)7-9(4,5)6;1-5(2,3)4/h;;(H2,1,2,3)(H2,4,5,6);(H3,1,2,3,4)/q+2;+1;;/p-3. The van der Waals surface area contributed by atoms with Crippen molar-refractivity contribution < 1.29 is 81.8 Å². The predicted molar refractivity (Wildman–Crippen MR) is 38.5 cm³/mol. The normalized spacial score (nSPS) is 14.4. The van der Waals surface area contributed by atoms with Gasteiger partial charge in [-0.1, -0.05) is 0 Å². The molecule has 11 nitrogen and oxygen atoms in total. The van der Waals surface area contributed by atoms with Gasteiger partial charge in [0.15, 0.2) is 0 Å². The first-order valence-electron chi connectivity index (χ1n) is 2.26. The number of phosphoric acid groups is 3. The molecule has 0 heterocycles. The zero-order valence-electron chi connectivity index (χ0n) is 7.70. The van der Waals surface area contributed by atoms with Crippen molar-refractivity contribution in [2.45, 2.75) is 0 Å². The van der Waals surface area contributed by atoms with Gasteiger partial charge in [-0.3, -0.25) is 8.88 Å². The van der Waals surface area contributed by atoms with Gasteiger partial charge in [-0.25, -0.2) is 4.57 Å². The van der Waals surface area contributed by atoms with E-state index in [-0.39, 0.29) is 67.3 Å². The molecular formula is H4CaNaO11P3. The molecule has 16 heavy (non-hydrogen) atoms. The summed E-state index contributed by atoms with van der Waals surface area (Å²) in [5.74, 6) is 0. The van der Waals surface area contributed by atoms with Crippen LogP contribution in [0.4, 0.5) is 0 Å². The van der Waals surface area contributed by atoms with Crippen molar-refractivity contribution in [2.75, 3.05) is 0 Å². The van der Waals surface area contributed by atoms with Crippen LogP contribution < -0.4 is 44.2 Å². The van der Waals surface area contributed by atoms with Gasteiger partial charge < -0.3 is 38.8 Å². The second kappa shape index (κ2) is 10.4. The average Bonchev–Trinajstić information content (AvgIpc) is 1.42. The maximum atomic E-state index is 9.44. The molecule has 0 radical (unpaired) electrons. The monoisotopic (exact) mass is 336 g/mol. The first-order valence-corrected chi connectivity index (χ1v) is 6.78. The first kappa shape index (κ1) is 27.1. The Morgan fingerprint density at radius 3 is 1.06 bits per heavy atom. The molecule has 0 saturated heterocycles. The van der Waals surface area contributed by atoms with Crippen LogP contribution >= 0.6 is 23.5 Å². The molecule has 0 amide bonds. The van der Waals surface area contributed by atoms with Crippen molar-refractivity contribution in [3.05, 3.63) is 0 Å². The van der Waals surface area contributed by atoms with E-state index < -0.39 is 23.5 Å². The van der Waals surface area contributed by atoms with Crippen molar-refractivity contribution in [1.82, 2.24) is 0 Å². The number of hydrogen-bond donors (Lipinski definition) is 4. The molecule has 0 aliphatic heterocycles. The Morgan fingerprint density at radius 2 is 1.06 bits per heavy atom. The van der Waals surface area contributed by atoms with E-state index in [1.165, 1.54) is 0 Å². The molecule has 0 fully saturated rings. The Balaban J connectivity index is -0.0000000904. The molecule has 16 heteroatoms. The molecule has 4 N–H and O–H groups in total. The van der Waals surface area contributed by atoms with Gasteiger partial charge in [-0.15, -0.1) is 0 Å². The number of hydrogen-bond acceptors (Lipinski definition) is 7. The SMILES string of the molecule is O=P(O)(O)O.O=P([O-])([O-])OP(=O)([O-])O.[Ca+2].[Na+]. The Kier molecular flexibility index (Phi) is 17.6. The summed E-state index contributed by atoms with van der Waals surface area (Å²) in [6, 6.07) is 0. The quantitative estimate of drug-likeness (QED) is 0.275. The van der Waals surface area contributed by atoms with Crippen molar-refractivity contribution in [3.63, 3.8) is 0 Å². The van der Waals surface area contributed by atoms with Gasteiger partial charge in [0, 0.05) is 0 Å². The molecule has 0 aliphatic carbocycles. The zero-order chi connectivity index (χ0) is 12.2. The van der Waals surface area contributed by atoms with Gasteiger partial charge in [0.1, 0.15) is 0 Å². The third-order valence-electron chi connectivity index (χ3n) is 0.203. The maximum Gasteiger partial charge on any atom is 2.00 e. The summed E-state index contributed by atoms with van der Waals surface area (Å²) in [6.07, 6.45) is 0. The Morgan fingerprint density at radius 1 is 0.875 bits per heavy atom. The van der Waals surface area contributed by atoms with Gasteiger partial charge in [0.25, 0.3) is 7.82 Å². The molecule has 0 aliphatic rings. The zero-order valence-corrected chi connectivity index (χ0v) is 14.6. The summed E-state index contributed by atoms with van der Waals surface area (Å²) >= 11 is 0. The molecule has 88 valence electrons. The molecular weight excluding hydrogens is 332 g/mol. The van der Waals surface area contributed by atoms with Crippen LogP contribution in [0.3, 0.4) is 0 Å². The summed E-state index contributed by atoms with van der Waals surface area (Å²) in [6.45, 7) is 0. The van der Waals surface area contributed by atoms with Crippen molar-refractivity contribution in [2.24, 2.45) is 0 Å². The summed E-state index contributed by atoms with van der Waals surface area (Å²) in [4.78, 5) is 57.3. The Hall–Kier alpha value is 2.63. The topological polar surface area (TPSA) is 211 Å². The van der Waals surface area contributed by atoms with E-state index in [1.54, 1.807) is 0 Å². The number of rotatable bonds is 2. The molecule has 0 aromatic heterocycles. The molecule has 0 aromatic carbocycles. The molecule has 0 spiro atoms. The fourth-order valence-electron chi connectivity index (χ4n) is 0.126. The van der Waals surface area contributed by atoms with Crippen LogP contribution in [-0.4, -0.2) is 57.3 Å². The smallest absolute Gasteiger partial charge is 0.790 e. The van der Waals surface area contributed by atoms with E-state index in [9.17, 15) is 23.8 Å². The van der Waals surface area contributed by atoms with Crippen LogP contribution in [0.25, 0.3) is 0 Å². The van der Waals surface area contributed by atoms with Crippen LogP contribution in [0.2, 0.25) is 0 Å². The average molecular weight is 336 g/mol. The fourth-order valence-corrected chi connectivity index (χ4v) is 1.14. The molecule has 1 atom stereocenters. The molecule has 0 bridgehead atoms. The van der Waals surface area contributed by atoms with E-state index in [2.05, 4.69) is 4.31 Å². The van der Waals surface area contributed by atoms with E-state index in [0.29, 0.717) is 0 Å². The maximum absolute atomic E-state index is 9.44. The Labute approximate surface area is 141 Å². The predicted octanol–water partition coefficient (Wildman–Crippen LogP) is -7.01. The van der Waals surface area contributed by atoms with E-state index in [0.717, 1.165) is 0 Å². The van der Waals surface area contributed by atoms with Gasteiger partial charge in [0.2, 0.25) is 0 Å². The minimum atomic E-state index is -5.61. The minimum Gasteiger partial charge on any atom is -0.790 e. The van der Waals surface area contributed by atoms with Gasteiger partial charge >= 0.3 is 75.1 Å². The second-order valence-electron chi connectivity index (χ2n) is 1.51. The first-order chi connectivity index (χ1) is 5.71. The summed E-state index contributed by atoms with van der Waals surface area (Å²) in [5.41, 5.74) is 0.